The molecule has 0 atom stereocenters. The summed E-state index contributed by atoms with van der Waals surface area (Å²) in [5, 5.41) is 4.96. The number of hydrogen-bond donors (Lipinski definition) is 1. The maximum atomic E-state index is 12.0. The van der Waals surface area contributed by atoms with Gasteiger partial charge in [0.15, 0.2) is 0 Å². The van der Waals surface area contributed by atoms with E-state index in [0.29, 0.717) is 32.7 Å². The van der Waals surface area contributed by atoms with E-state index < -0.39 is 0 Å². The number of hydrogen-bond acceptors (Lipinski definition) is 3. The Hall–Kier alpha value is -1.56. The van der Waals surface area contributed by atoms with Gasteiger partial charge in [-0.25, -0.2) is 4.79 Å². The van der Waals surface area contributed by atoms with Crippen molar-refractivity contribution in [1.82, 2.24) is 15.1 Å². The van der Waals surface area contributed by atoms with Crippen LogP contribution in [0.4, 0.5) is 4.79 Å². The summed E-state index contributed by atoms with van der Waals surface area (Å²) in [5.74, 6) is 0.0780. The van der Waals surface area contributed by atoms with E-state index in [1.807, 2.05) is 12.3 Å². The molecule has 1 aromatic heterocycles. The van der Waals surface area contributed by atoms with Crippen LogP contribution in [-0.2, 0) is 11.3 Å². The van der Waals surface area contributed by atoms with Gasteiger partial charge in [0, 0.05) is 38.0 Å². The molecular weight excluding hydrogens is 262 g/mol. The Kier molecular flexibility index (Phi) is 4.42. The topological polar surface area (TPSA) is 52.7 Å². The summed E-state index contributed by atoms with van der Waals surface area (Å²) >= 11 is 1.66. The molecule has 1 aliphatic rings. The average Bonchev–Trinajstić information content (AvgIpc) is 2.81. The Morgan fingerprint density at radius 2 is 1.89 bits per heavy atom. The van der Waals surface area contributed by atoms with Crippen LogP contribution in [0.3, 0.4) is 0 Å². The number of nitrogens with one attached hydrogen (secondary N) is 1. The van der Waals surface area contributed by atoms with Gasteiger partial charge >= 0.3 is 6.03 Å². The second kappa shape index (κ2) is 6.06. The summed E-state index contributed by atoms with van der Waals surface area (Å²) in [6.45, 7) is 6.65. The minimum Gasteiger partial charge on any atom is -0.339 e. The number of thiophene rings is 1. The molecule has 0 spiro atoms. The van der Waals surface area contributed by atoms with Gasteiger partial charge in [-0.1, -0.05) is 0 Å². The van der Waals surface area contributed by atoms with Crippen molar-refractivity contribution in [2.24, 2.45) is 0 Å². The number of piperazine rings is 1. The molecule has 1 saturated heterocycles. The number of rotatable bonds is 2. The molecule has 5 nitrogen and oxygen atoms in total. The molecule has 2 rings (SSSR count). The number of aryl methyl sites for hydroxylation is 1. The Balaban J connectivity index is 1.79. The summed E-state index contributed by atoms with van der Waals surface area (Å²) in [7, 11) is 0. The zero-order valence-corrected chi connectivity index (χ0v) is 12.1. The summed E-state index contributed by atoms with van der Waals surface area (Å²) < 4.78 is 0. The first kappa shape index (κ1) is 13.9. The van der Waals surface area contributed by atoms with Crippen molar-refractivity contribution in [3.8, 4) is 0 Å². The standard InChI is InChI=1S/C13H19N3O2S/c1-10-3-8-19-12(10)9-14-13(18)16-6-4-15(5-7-16)11(2)17/h3,8H,4-7,9H2,1-2H3,(H,14,18). The minimum absolute atomic E-state index is 0.0454. The molecule has 2 heterocycles. The Morgan fingerprint density at radius 1 is 1.26 bits per heavy atom. The molecule has 0 unspecified atom stereocenters. The van der Waals surface area contributed by atoms with Crippen LogP contribution in [-0.4, -0.2) is 47.9 Å². The highest BCUT2D eigenvalue weighted by Gasteiger charge is 2.22. The number of urea groups is 1. The molecule has 0 saturated carbocycles. The van der Waals surface area contributed by atoms with E-state index in [9.17, 15) is 9.59 Å². The van der Waals surface area contributed by atoms with Crippen LogP contribution < -0.4 is 5.32 Å². The highest BCUT2D eigenvalue weighted by Crippen LogP contribution is 2.15. The SMILES string of the molecule is CC(=O)N1CCN(C(=O)NCc2sccc2C)CC1. The lowest BCUT2D eigenvalue weighted by Gasteiger charge is -2.34. The fourth-order valence-electron chi connectivity index (χ4n) is 2.08. The highest BCUT2D eigenvalue weighted by atomic mass is 32.1. The van der Waals surface area contributed by atoms with Crippen LogP contribution in [0.25, 0.3) is 0 Å². The van der Waals surface area contributed by atoms with Crippen LogP contribution >= 0.6 is 11.3 Å². The predicted molar refractivity (Wildman–Crippen MR) is 75.1 cm³/mol. The van der Waals surface area contributed by atoms with Gasteiger partial charge in [-0.3, -0.25) is 4.79 Å². The molecule has 1 fully saturated rings. The second-order valence-electron chi connectivity index (χ2n) is 4.68. The van der Waals surface area contributed by atoms with E-state index in [1.54, 1.807) is 28.1 Å². The van der Waals surface area contributed by atoms with Gasteiger partial charge in [-0.2, -0.15) is 0 Å². The predicted octanol–water partition coefficient (Wildman–Crippen LogP) is 1.43. The van der Waals surface area contributed by atoms with Crippen LogP contribution in [0, 0.1) is 6.92 Å². The largest absolute Gasteiger partial charge is 0.339 e. The third-order valence-electron chi connectivity index (χ3n) is 3.38. The molecule has 1 aliphatic heterocycles. The van der Waals surface area contributed by atoms with Crippen molar-refractivity contribution in [2.75, 3.05) is 26.2 Å². The van der Waals surface area contributed by atoms with Crippen molar-refractivity contribution >= 4 is 23.3 Å². The van der Waals surface area contributed by atoms with E-state index in [4.69, 9.17) is 0 Å². The van der Waals surface area contributed by atoms with Gasteiger partial charge in [0.05, 0.1) is 6.54 Å². The quantitative estimate of drug-likeness (QED) is 0.891. The molecule has 1 N–H and O–H groups in total. The third kappa shape index (κ3) is 3.47. The van der Waals surface area contributed by atoms with E-state index >= 15 is 0 Å². The summed E-state index contributed by atoms with van der Waals surface area (Å²) in [5.41, 5.74) is 1.21. The van der Waals surface area contributed by atoms with Crippen molar-refractivity contribution in [3.05, 3.63) is 21.9 Å². The fourth-order valence-corrected chi connectivity index (χ4v) is 2.92. The van der Waals surface area contributed by atoms with Gasteiger partial charge in [0.25, 0.3) is 0 Å². The van der Waals surface area contributed by atoms with Crippen LogP contribution in [0.5, 0.6) is 0 Å². The average molecular weight is 281 g/mol. The van der Waals surface area contributed by atoms with Gasteiger partial charge in [-0.05, 0) is 23.9 Å². The normalized spacial score (nSPS) is 15.5. The molecule has 6 heteroatoms. The molecule has 0 aromatic carbocycles. The minimum atomic E-state index is -0.0454. The van der Waals surface area contributed by atoms with E-state index in [1.165, 1.54) is 10.4 Å². The number of nitrogens with zero attached hydrogens (tertiary/aromatic N) is 2. The summed E-state index contributed by atoms with van der Waals surface area (Å²) in [4.78, 5) is 27.9. The lowest BCUT2D eigenvalue weighted by Crippen LogP contribution is -2.52. The monoisotopic (exact) mass is 281 g/mol. The van der Waals surface area contributed by atoms with Gasteiger partial charge in [-0.15, -0.1) is 11.3 Å². The molecule has 3 amide bonds. The van der Waals surface area contributed by atoms with Crippen LogP contribution in [0.15, 0.2) is 11.4 Å². The summed E-state index contributed by atoms with van der Waals surface area (Å²) in [6, 6.07) is 2.01. The maximum absolute atomic E-state index is 12.0. The Morgan fingerprint density at radius 3 is 2.42 bits per heavy atom. The second-order valence-corrected chi connectivity index (χ2v) is 5.68. The molecule has 1 aromatic rings. The number of carbonyl (C=O) groups is 2. The smallest absolute Gasteiger partial charge is 0.317 e. The van der Waals surface area contributed by atoms with Gasteiger partial charge in [0.1, 0.15) is 0 Å². The van der Waals surface area contributed by atoms with Crippen molar-refractivity contribution < 1.29 is 9.59 Å². The van der Waals surface area contributed by atoms with Crippen molar-refractivity contribution in [2.45, 2.75) is 20.4 Å². The first-order valence-electron chi connectivity index (χ1n) is 6.39. The van der Waals surface area contributed by atoms with Crippen molar-refractivity contribution in [1.29, 1.82) is 0 Å². The zero-order valence-electron chi connectivity index (χ0n) is 11.3. The molecule has 19 heavy (non-hydrogen) atoms. The molecule has 0 radical (unpaired) electrons. The Bertz CT molecular complexity index is 464. The number of amides is 3. The molecular formula is C13H19N3O2S. The van der Waals surface area contributed by atoms with E-state index in [0.717, 1.165) is 0 Å². The van der Waals surface area contributed by atoms with Crippen LogP contribution in [0.2, 0.25) is 0 Å². The van der Waals surface area contributed by atoms with E-state index in [2.05, 4.69) is 11.4 Å². The Labute approximate surface area is 117 Å². The zero-order chi connectivity index (χ0) is 13.8. The third-order valence-corrected chi connectivity index (χ3v) is 4.40. The lowest BCUT2D eigenvalue weighted by atomic mass is 10.3. The van der Waals surface area contributed by atoms with Crippen LogP contribution in [0.1, 0.15) is 17.4 Å². The maximum Gasteiger partial charge on any atom is 0.317 e. The van der Waals surface area contributed by atoms with E-state index in [-0.39, 0.29) is 11.9 Å². The summed E-state index contributed by atoms with van der Waals surface area (Å²) in [6.07, 6.45) is 0. The first-order chi connectivity index (χ1) is 9.08. The van der Waals surface area contributed by atoms with Gasteiger partial charge < -0.3 is 15.1 Å². The lowest BCUT2D eigenvalue weighted by molar-refractivity contribution is -0.130. The molecule has 104 valence electrons. The fraction of sp³-hybridized carbons (Fsp3) is 0.538. The molecule has 0 aliphatic carbocycles. The van der Waals surface area contributed by atoms with Crippen molar-refractivity contribution in [3.63, 3.8) is 0 Å². The highest BCUT2D eigenvalue weighted by molar-refractivity contribution is 7.10. The number of carbonyl (C=O) groups excluding carboxylic acids is 2. The molecule has 0 bridgehead atoms. The van der Waals surface area contributed by atoms with Gasteiger partial charge in [0.2, 0.25) is 5.91 Å². The first-order valence-corrected chi connectivity index (χ1v) is 7.27.